The monoisotopic (exact) mass is 397 g/mol. The Morgan fingerprint density at radius 2 is 1.90 bits per heavy atom. The number of pyridine rings is 1. The van der Waals surface area contributed by atoms with Crippen molar-refractivity contribution in [2.75, 3.05) is 6.54 Å². The lowest BCUT2D eigenvalue weighted by Gasteiger charge is -2.10. The summed E-state index contributed by atoms with van der Waals surface area (Å²) in [5, 5.41) is 8.54. The van der Waals surface area contributed by atoms with Crippen molar-refractivity contribution in [2.24, 2.45) is 4.99 Å². The highest BCUT2D eigenvalue weighted by Crippen LogP contribution is 2.29. The van der Waals surface area contributed by atoms with Gasteiger partial charge in [0.2, 0.25) is 0 Å². The summed E-state index contributed by atoms with van der Waals surface area (Å²) in [7, 11) is 0. The molecular weight excluding hydrogens is 374 g/mol. The fourth-order valence-electron chi connectivity index (χ4n) is 3.97. The molecule has 1 aromatic carbocycles. The Kier molecular flexibility index (Phi) is 4.63. The van der Waals surface area contributed by atoms with Crippen LogP contribution in [0.2, 0.25) is 0 Å². The third-order valence-electron chi connectivity index (χ3n) is 5.41. The molecule has 0 radical (unpaired) electrons. The molecule has 0 bridgehead atoms. The van der Waals surface area contributed by atoms with Crippen molar-refractivity contribution < 1.29 is 0 Å². The van der Waals surface area contributed by atoms with Gasteiger partial charge in [0.05, 0.1) is 23.1 Å². The second-order valence-corrected chi connectivity index (χ2v) is 7.44. The van der Waals surface area contributed by atoms with Gasteiger partial charge in [0.15, 0.2) is 5.65 Å². The zero-order valence-corrected chi connectivity index (χ0v) is 16.9. The fraction of sp³-hybridized carbons (Fsp3) is 0.217. The van der Waals surface area contributed by atoms with Gasteiger partial charge in [-0.25, -0.2) is 4.98 Å². The van der Waals surface area contributed by atoms with Crippen LogP contribution in [0.3, 0.4) is 0 Å². The molecule has 0 unspecified atom stereocenters. The van der Waals surface area contributed by atoms with Crippen LogP contribution < -0.4 is 0 Å². The number of aryl methyl sites for hydroxylation is 2. The van der Waals surface area contributed by atoms with Gasteiger partial charge in [-0.3, -0.25) is 4.40 Å². The lowest BCUT2D eigenvalue weighted by Crippen LogP contribution is -2.02. The van der Waals surface area contributed by atoms with E-state index in [1.807, 2.05) is 25.4 Å². The van der Waals surface area contributed by atoms with Crippen LogP contribution in [0, 0.1) is 6.92 Å². The van der Waals surface area contributed by atoms with E-state index >= 15 is 0 Å². The molecule has 0 spiro atoms. The molecule has 30 heavy (non-hydrogen) atoms. The van der Waals surface area contributed by atoms with Crippen LogP contribution in [0.15, 0.2) is 66.0 Å². The Morgan fingerprint density at radius 3 is 2.73 bits per heavy atom. The summed E-state index contributed by atoms with van der Waals surface area (Å²) in [4.78, 5) is 8.64. The van der Waals surface area contributed by atoms with Gasteiger partial charge in [-0.1, -0.05) is 30.3 Å². The predicted molar refractivity (Wildman–Crippen MR) is 119 cm³/mol. The van der Waals surface area contributed by atoms with E-state index in [4.69, 9.17) is 4.98 Å². The summed E-state index contributed by atoms with van der Waals surface area (Å²) in [6.07, 6.45) is 4.95. The molecular formula is C23H23N7. The molecule has 0 saturated carbocycles. The summed E-state index contributed by atoms with van der Waals surface area (Å²) in [6, 6.07) is 16.8. The second kappa shape index (κ2) is 7.59. The zero-order chi connectivity index (χ0) is 20.5. The fourth-order valence-corrected chi connectivity index (χ4v) is 3.97. The summed E-state index contributed by atoms with van der Waals surface area (Å²) >= 11 is 0. The molecule has 5 aromatic rings. The van der Waals surface area contributed by atoms with E-state index < -0.39 is 0 Å². The summed E-state index contributed by atoms with van der Waals surface area (Å²) in [6.45, 7) is 7.93. The van der Waals surface area contributed by atoms with E-state index in [0.29, 0.717) is 0 Å². The highest BCUT2D eigenvalue weighted by atomic mass is 15.2. The van der Waals surface area contributed by atoms with Crippen LogP contribution in [-0.4, -0.2) is 42.0 Å². The molecule has 4 aromatic heterocycles. The van der Waals surface area contributed by atoms with Gasteiger partial charge in [0, 0.05) is 25.8 Å². The molecule has 0 atom stereocenters. The van der Waals surface area contributed by atoms with Crippen LogP contribution in [0.25, 0.3) is 28.1 Å². The normalized spacial score (nSPS) is 11.5. The van der Waals surface area contributed by atoms with E-state index in [2.05, 4.69) is 78.0 Å². The molecule has 7 heteroatoms. The topological polar surface area (TPSA) is 65.3 Å². The minimum atomic E-state index is 0.757. The van der Waals surface area contributed by atoms with Gasteiger partial charge in [-0.15, -0.1) is 10.2 Å². The first-order valence-electron chi connectivity index (χ1n) is 10.1. The first kappa shape index (κ1) is 18.3. The van der Waals surface area contributed by atoms with Crippen molar-refractivity contribution in [3.63, 3.8) is 0 Å². The summed E-state index contributed by atoms with van der Waals surface area (Å²) in [5.41, 5.74) is 6.35. The lowest BCUT2D eigenvalue weighted by atomic mass is 10.2. The molecule has 0 aliphatic rings. The van der Waals surface area contributed by atoms with Gasteiger partial charge < -0.3 is 14.1 Å². The van der Waals surface area contributed by atoms with E-state index in [0.717, 1.165) is 59.9 Å². The van der Waals surface area contributed by atoms with Crippen molar-refractivity contribution in [3.05, 3.63) is 72.4 Å². The van der Waals surface area contributed by atoms with Crippen molar-refractivity contribution in [3.8, 4) is 11.4 Å². The molecule has 7 nitrogen and oxygen atoms in total. The van der Waals surface area contributed by atoms with Crippen molar-refractivity contribution in [2.45, 2.75) is 26.4 Å². The van der Waals surface area contributed by atoms with Gasteiger partial charge >= 0.3 is 0 Å². The standard InChI is InChI=1S/C23H23N7/c1-17-26-27-23-10-9-20-22(30(17)23)13-21(29(20)14-18-7-4-3-5-8-18)19-15-28(16-25-19)12-6-11-24-2/h3-5,7-10,13,15-16H,2,6,11-12,14H2,1H3. The SMILES string of the molecule is C=NCCCn1cnc(-c2cc3c(ccc4nnc(C)n43)n2Cc2ccccc2)c1. The number of hydrogen-bond acceptors (Lipinski definition) is 4. The average Bonchev–Trinajstić information content (AvgIpc) is 3.47. The Balaban J connectivity index is 1.65. The Labute approximate surface area is 174 Å². The molecule has 4 heterocycles. The van der Waals surface area contributed by atoms with Crippen LogP contribution >= 0.6 is 0 Å². The Morgan fingerprint density at radius 1 is 1.03 bits per heavy atom. The maximum absolute atomic E-state index is 4.71. The van der Waals surface area contributed by atoms with Gasteiger partial charge in [0.25, 0.3) is 0 Å². The first-order valence-corrected chi connectivity index (χ1v) is 10.1. The Hall–Kier alpha value is -3.74. The number of aromatic nitrogens is 6. The molecule has 0 N–H and O–H groups in total. The Bertz CT molecular complexity index is 1320. The van der Waals surface area contributed by atoms with Crippen molar-refractivity contribution in [1.82, 2.24) is 28.7 Å². The third kappa shape index (κ3) is 3.18. The van der Waals surface area contributed by atoms with Crippen molar-refractivity contribution >= 4 is 23.4 Å². The maximum atomic E-state index is 4.71. The predicted octanol–water partition coefficient (Wildman–Crippen LogP) is 3.99. The smallest absolute Gasteiger partial charge is 0.161 e. The number of benzene rings is 1. The number of rotatable bonds is 7. The lowest BCUT2D eigenvalue weighted by molar-refractivity contribution is 0.652. The molecule has 150 valence electrons. The first-order chi connectivity index (χ1) is 14.7. The second-order valence-electron chi connectivity index (χ2n) is 7.44. The quantitative estimate of drug-likeness (QED) is 0.308. The van der Waals surface area contributed by atoms with Crippen LogP contribution in [0.5, 0.6) is 0 Å². The number of imidazole rings is 1. The zero-order valence-electron chi connectivity index (χ0n) is 16.9. The largest absolute Gasteiger partial charge is 0.337 e. The molecule has 0 fully saturated rings. The molecule has 5 rings (SSSR count). The molecule has 0 aliphatic carbocycles. The van der Waals surface area contributed by atoms with Gasteiger partial charge in [-0.2, -0.15) is 0 Å². The van der Waals surface area contributed by atoms with Crippen LogP contribution in [-0.2, 0) is 13.1 Å². The van der Waals surface area contributed by atoms with E-state index in [9.17, 15) is 0 Å². The minimum absolute atomic E-state index is 0.757. The third-order valence-corrected chi connectivity index (χ3v) is 5.41. The number of nitrogens with zero attached hydrogens (tertiary/aromatic N) is 7. The van der Waals surface area contributed by atoms with Crippen LogP contribution in [0.1, 0.15) is 17.8 Å². The summed E-state index contributed by atoms with van der Waals surface area (Å²) in [5.74, 6) is 0.876. The molecule has 0 amide bonds. The summed E-state index contributed by atoms with van der Waals surface area (Å²) < 4.78 is 6.54. The molecule has 0 aliphatic heterocycles. The molecule has 0 saturated heterocycles. The van der Waals surface area contributed by atoms with Crippen LogP contribution in [0.4, 0.5) is 0 Å². The minimum Gasteiger partial charge on any atom is -0.337 e. The average molecular weight is 397 g/mol. The van der Waals surface area contributed by atoms with E-state index in [1.165, 1.54) is 5.56 Å². The van der Waals surface area contributed by atoms with E-state index in [1.54, 1.807) is 0 Å². The maximum Gasteiger partial charge on any atom is 0.161 e. The van der Waals surface area contributed by atoms with Gasteiger partial charge in [-0.05, 0) is 43.8 Å². The highest BCUT2D eigenvalue weighted by molar-refractivity contribution is 5.86. The number of hydrogen-bond donors (Lipinski definition) is 0. The number of aliphatic imine (C=N–C) groups is 1. The van der Waals surface area contributed by atoms with Crippen molar-refractivity contribution in [1.29, 1.82) is 0 Å². The van der Waals surface area contributed by atoms with Gasteiger partial charge in [0.1, 0.15) is 11.5 Å². The number of fused-ring (bicyclic) bond motifs is 3. The highest BCUT2D eigenvalue weighted by Gasteiger charge is 2.17. The van der Waals surface area contributed by atoms with E-state index in [-0.39, 0.29) is 0 Å².